The molecule has 0 saturated heterocycles. The van der Waals surface area contributed by atoms with E-state index in [9.17, 15) is 13.2 Å². The summed E-state index contributed by atoms with van der Waals surface area (Å²) in [6.07, 6.45) is 1.35. The van der Waals surface area contributed by atoms with E-state index in [1.54, 1.807) is 12.1 Å². The van der Waals surface area contributed by atoms with Gasteiger partial charge in [0, 0.05) is 6.42 Å². The van der Waals surface area contributed by atoms with Gasteiger partial charge in [-0.05, 0) is 30.3 Å². The zero-order chi connectivity index (χ0) is 16.9. The van der Waals surface area contributed by atoms with Crippen molar-refractivity contribution < 1.29 is 22.4 Å². The van der Waals surface area contributed by atoms with E-state index in [-0.39, 0.29) is 34.5 Å². The third-order valence-electron chi connectivity index (χ3n) is 3.12. The van der Waals surface area contributed by atoms with E-state index >= 15 is 0 Å². The highest BCUT2D eigenvalue weighted by molar-refractivity contribution is 7.91. The van der Waals surface area contributed by atoms with Gasteiger partial charge in [0.25, 0.3) is 0 Å². The number of ether oxygens (including phenoxy) is 1. The van der Waals surface area contributed by atoms with Crippen LogP contribution >= 0.6 is 11.6 Å². The Labute approximate surface area is 139 Å². The van der Waals surface area contributed by atoms with Crippen molar-refractivity contribution in [2.24, 2.45) is 0 Å². The molecule has 0 bridgehead atoms. The first-order valence-corrected chi connectivity index (χ1v) is 8.81. The molecule has 0 saturated carbocycles. The molecule has 0 fully saturated rings. The van der Waals surface area contributed by atoms with Crippen molar-refractivity contribution in [1.82, 2.24) is 5.32 Å². The van der Waals surface area contributed by atoms with Crippen molar-refractivity contribution in [3.8, 4) is 5.75 Å². The van der Waals surface area contributed by atoms with Crippen LogP contribution in [-0.2, 0) is 21.2 Å². The molecular formula is C15H16ClNO5S. The molecule has 2 rings (SSSR count). The van der Waals surface area contributed by atoms with E-state index in [2.05, 4.69) is 5.32 Å². The Hall–Kier alpha value is -1.99. The molecule has 1 aromatic carbocycles. The topological polar surface area (TPSA) is 85.6 Å². The van der Waals surface area contributed by atoms with Gasteiger partial charge < -0.3 is 14.5 Å². The second-order valence-electron chi connectivity index (χ2n) is 4.72. The van der Waals surface area contributed by atoms with Crippen LogP contribution in [0.3, 0.4) is 0 Å². The third kappa shape index (κ3) is 4.74. The van der Waals surface area contributed by atoms with Gasteiger partial charge in [-0.25, -0.2) is 8.42 Å². The van der Waals surface area contributed by atoms with Gasteiger partial charge in [0.1, 0.15) is 11.5 Å². The quantitative estimate of drug-likeness (QED) is 0.822. The summed E-state index contributed by atoms with van der Waals surface area (Å²) >= 11 is 5.93. The van der Waals surface area contributed by atoms with E-state index in [0.717, 1.165) is 0 Å². The summed E-state index contributed by atoms with van der Waals surface area (Å²) in [6.45, 7) is 0.222. The van der Waals surface area contributed by atoms with Crippen molar-refractivity contribution in [1.29, 1.82) is 0 Å². The summed E-state index contributed by atoms with van der Waals surface area (Å²) in [5.74, 6) is 0.314. The molecule has 0 spiro atoms. The Kier molecular flexibility index (Phi) is 5.68. The molecule has 6 nitrogen and oxygen atoms in total. The maximum Gasteiger partial charge on any atom is 0.221 e. The third-order valence-corrected chi connectivity index (χ3v) is 5.13. The van der Waals surface area contributed by atoms with Gasteiger partial charge in [-0.1, -0.05) is 11.6 Å². The number of sulfone groups is 1. The Morgan fingerprint density at radius 1 is 1.35 bits per heavy atom. The summed E-state index contributed by atoms with van der Waals surface area (Å²) in [7, 11) is -2.16. The molecule has 8 heteroatoms. The number of hydrogen-bond acceptors (Lipinski definition) is 5. The average molecular weight is 358 g/mol. The Bertz CT molecular complexity index is 771. The second kappa shape index (κ2) is 7.52. The fourth-order valence-electron chi connectivity index (χ4n) is 1.87. The van der Waals surface area contributed by atoms with E-state index in [0.29, 0.717) is 11.5 Å². The monoisotopic (exact) mass is 357 g/mol. The summed E-state index contributed by atoms with van der Waals surface area (Å²) in [5.41, 5.74) is 0. The normalized spacial score (nSPS) is 11.2. The highest BCUT2D eigenvalue weighted by Gasteiger charge is 2.18. The van der Waals surface area contributed by atoms with E-state index < -0.39 is 9.84 Å². The predicted molar refractivity (Wildman–Crippen MR) is 85.2 cm³/mol. The Balaban J connectivity index is 1.93. The molecule has 0 radical (unpaired) electrons. The summed E-state index contributed by atoms with van der Waals surface area (Å²) in [5, 5.41) is 2.80. The van der Waals surface area contributed by atoms with Crippen molar-refractivity contribution >= 4 is 27.3 Å². The van der Waals surface area contributed by atoms with E-state index in [4.69, 9.17) is 20.8 Å². The lowest BCUT2D eigenvalue weighted by atomic mass is 10.3. The van der Waals surface area contributed by atoms with Gasteiger partial charge in [-0.3, -0.25) is 4.79 Å². The van der Waals surface area contributed by atoms with Crippen molar-refractivity contribution in [2.45, 2.75) is 17.9 Å². The molecular weight excluding hydrogens is 342 g/mol. The lowest BCUT2D eigenvalue weighted by Gasteiger charge is -2.08. The molecule has 1 aromatic heterocycles. The highest BCUT2D eigenvalue weighted by atomic mass is 35.5. The summed E-state index contributed by atoms with van der Waals surface area (Å²) in [4.78, 5) is 11.8. The highest BCUT2D eigenvalue weighted by Crippen LogP contribution is 2.27. The Morgan fingerprint density at radius 3 is 2.74 bits per heavy atom. The second-order valence-corrected chi connectivity index (χ2v) is 7.24. The molecule has 124 valence electrons. The molecule has 23 heavy (non-hydrogen) atoms. The lowest BCUT2D eigenvalue weighted by molar-refractivity contribution is -0.120. The number of halogens is 1. The number of benzene rings is 1. The molecule has 0 atom stereocenters. The van der Waals surface area contributed by atoms with Crippen molar-refractivity contribution in [3.63, 3.8) is 0 Å². The minimum Gasteiger partial charge on any atom is -0.495 e. The predicted octanol–water partition coefficient (Wildman–Crippen LogP) is 2.42. The summed E-state index contributed by atoms with van der Waals surface area (Å²) < 4.78 is 34.5. The van der Waals surface area contributed by atoms with Crippen LogP contribution in [0.15, 0.2) is 45.9 Å². The van der Waals surface area contributed by atoms with Crippen LogP contribution in [0.25, 0.3) is 0 Å². The SMILES string of the molecule is COc1ccc(S(=O)(=O)CCC(=O)NCc2ccco2)cc1Cl. The van der Waals surface area contributed by atoms with Crippen LogP contribution in [0.1, 0.15) is 12.2 Å². The maximum atomic E-state index is 12.2. The van der Waals surface area contributed by atoms with Crippen LogP contribution < -0.4 is 10.1 Å². The number of carbonyl (C=O) groups excluding carboxylic acids is 1. The number of amides is 1. The van der Waals surface area contributed by atoms with Crippen LogP contribution in [0.2, 0.25) is 5.02 Å². The van der Waals surface area contributed by atoms with Gasteiger partial charge in [0.2, 0.25) is 5.91 Å². The lowest BCUT2D eigenvalue weighted by Crippen LogP contribution is -2.25. The van der Waals surface area contributed by atoms with Crippen molar-refractivity contribution in [3.05, 3.63) is 47.4 Å². The zero-order valence-corrected chi connectivity index (χ0v) is 14.0. The first-order valence-electron chi connectivity index (χ1n) is 6.78. The Morgan fingerprint density at radius 2 is 2.13 bits per heavy atom. The molecule has 0 aliphatic heterocycles. The van der Waals surface area contributed by atoms with Crippen LogP contribution in [0.4, 0.5) is 0 Å². The molecule has 1 amide bonds. The number of hydrogen-bond donors (Lipinski definition) is 1. The van der Waals surface area contributed by atoms with Gasteiger partial charge in [-0.15, -0.1) is 0 Å². The van der Waals surface area contributed by atoms with Crippen molar-refractivity contribution in [2.75, 3.05) is 12.9 Å². The molecule has 1 heterocycles. The number of nitrogens with one attached hydrogen (secondary N) is 1. The first kappa shape index (κ1) is 17.4. The molecule has 2 aromatic rings. The van der Waals surface area contributed by atoms with Gasteiger partial charge in [-0.2, -0.15) is 0 Å². The number of rotatable bonds is 7. The standard InChI is InChI=1S/C15H16ClNO5S/c1-21-14-5-4-12(9-13(14)16)23(19,20)8-6-15(18)17-10-11-3-2-7-22-11/h2-5,7,9H,6,8,10H2,1H3,(H,17,18). The number of methoxy groups -OCH3 is 1. The maximum absolute atomic E-state index is 12.2. The molecule has 0 unspecified atom stereocenters. The molecule has 1 N–H and O–H groups in total. The fraction of sp³-hybridized carbons (Fsp3) is 0.267. The molecule has 0 aliphatic carbocycles. The van der Waals surface area contributed by atoms with E-state index in [1.807, 2.05) is 0 Å². The minimum atomic E-state index is -3.60. The smallest absolute Gasteiger partial charge is 0.221 e. The van der Waals surface area contributed by atoms with Crippen LogP contribution in [0.5, 0.6) is 5.75 Å². The fourth-order valence-corrected chi connectivity index (χ4v) is 3.46. The van der Waals surface area contributed by atoms with Gasteiger partial charge in [0.05, 0.1) is 35.6 Å². The summed E-state index contributed by atoms with van der Waals surface area (Å²) in [6, 6.07) is 7.62. The molecule has 0 aliphatic rings. The van der Waals surface area contributed by atoms with Crippen LogP contribution in [-0.4, -0.2) is 27.2 Å². The minimum absolute atomic E-state index is 0.0575. The number of furan rings is 1. The van der Waals surface area contributed by atoms with Gasteiger partial charge in [0.15, 0.2) is 9.84 Å². The van der Waals surface area contributed by atoms with Crippen LogP contribution in [0, 0.1) is 0 Å². The first-order chi connectivity index (χ1) is 10.9. The van der Waals surface area contributed by atoms with Gasteiger partial charge >= 0.3 is 0 Å². The average Bonchev–Trinajstić information content (AvgIpc) is 3.04. The largest absolute Gasteiger partial charge is 0.495 e. The van der Waals surface area contributed by atoms with E-state index in [1.165, 1.54) is 31.6 Å². The zero-order valence-electron chi connectivity index (χ0n) is 12.4. The number of carbonyl (C=O) groups is 1.